The van der Waals surface area contributed by atoms with E-state index in [1.807, 2.05) is 12.3 Å². The summed E-state index contributed by atoms with van der Waals surface area (Å²) in [6, 6.07) is 40.7. The minimum absolute atomic E-state index is 0.702. The number of pyridine rings is 1. The first kappa shape index (κ1) is 21.8. The molecule has 0 bridgehead atoms. The van der Waals surface area contributed by atoms with Gasteiger partial charge in [0, 0.05) is 38.0 Å². The lowest BCUT2D eigenvalue weighted by Crippen LogP contribution is -2.02. The summed E-state index contributed by atoms with van der Waals surface area (Å²) in [6.45, 7) is 0. The van der Waals surface area contributed by atoms with Crippen LogP contribution < -0.4 is 0 Å². The van der Waals surface area contributed by atoms with Crippen molar-refractivity contribution in [2.24, 2.45) is 0 Å². The fourth-order valence-corrected chi connectivity index (χ4v) is 7.05. The molecule has 0 aliphatic carbocycles. The van der Waals surface area contributed by atoms with Gasteiger partial charge in [-0.3, -0.25) is 9.55 Å². The van der Waals surface area contributed by atoms with Gasteiger partial charge in [-0.15, -0.1) is 11.3 Å². The van der Waals surface area contributed by atoms with Crippen molar-refractivity contribution in [3.05, 3.63) is 121 Å². The Morgan fingerprint density at radius 2 is 1.35 bits per heavy atom. The average molecular weight is 529 g/mol. The Morgan fingerprint density at radius 3 is 2.27 bits per heavy atom. The van der Waals surface area contributed by atoms with Gasteiger partial charge in [0.2, 0.25) is 0 Å². The van der Waals surface area contributed by atoms with Crippen molar-refractivity contribution in [1.29, 1.82) is 0 Å². The molecule has 9 rings (SSSR count). The molecule has 186 valence electrons. The van der Waals surface area contributed by atoms with Gasteiger partial charge in [0.15, 0.2) is 11.6 Å². The number of aromatic nitrogens is 4. The second kappa shape index (κ2) is 8.18. The number of rotatable bonds is 2. The lowest BCUT2D eigenvalue weighted by Gasteiger charge is -2.12. The Hall–Kier alpha value is -5.13. The van der Waals surface area contributed by atoms with Crippen LogP contribution in [0.15, 0.2) is 121 Å². The lowest BCUT2D eigenvalue weighted by molar-refractivity contribution is 1.08. The highest BCUT2D eigenvalue weighted by Gasteiger charge is 2.21. The second-order valence-corrected chi connectivity index (χ2v) is 11.2. The van der Waals surface area contributed by atoms with Crippen LogP contribution in [0.1, 0.15) is 0 Å². The van der Waals surface area contributed by atoms with Gasteiger partial charge in [-0.25, -0.2) is 9.97 Å². The summed E-state index contributed by atoms with van der Waals surface area (Å²) in [6.07, 6.45) is 1.83. The van der Waals surface area contributed by atoms with E-state index in [1.54, 1.807) is 11.3 Å². The summed E-state index contributed by atoms with van der Waals surface area (Å²) in [4.78, 5) is 16.1. The Kier molecular flexibility index (Phi) is 4.45. The van der Waals surface area contributed by atoms with Crippen LogP contribution in [0.3, 0.4) is 0 Å². The van der Waals surface area contributed by atoms with Crippen molar-refractivity contribution in [3.8, 4) is 17.2 Å². The van der Waals surface area contributed by atoms with E-state index in [0.717, 1.165) is 43.5 Å². The first-order chi connectivity index (χ1) is 19.8. The largest absolute Gasteiger partial charge is 0.293 e. The molecule has 0 aliphatic heterocycles. The first-order valence-corrected chi connectivity index (χ1v) is 14.1. The van der Waals surface area contributed by atoms with Gasteiger partial charge in [0.1, 0.15) is 4.83 Å². The molecule has 0 spiro atoms. The highest BCUT2D eigenvalue weighted by molar-refractivity contribution is 7.25. The van der Waals surface area contributed by atoms with Crippen LogP contribution in [0.4, 0.5) is 0 Å². The number of thiophene rings is 1. The summed E-state index contributed by atoms with van der Waals surface area (Å²) in [5.74, 6) is 1.60. The molecule has 5 aromatic carbocycles. The summed E-state index contributed by atoms with van der Waals surface area (Å²) >= 11 is 1.72. The van der Waals surface area contributed by atoms with Crippen LogP contribution >= 0.6 is 11.3 Å². The van der Waals surface area contributed by atoms with Crippen molar-refractivity contribution in [2.75, 3.05) is 0 Å². The highest BCUT2D eigenvalue weighted by Crippen LogP contribution is 2.41. The van der Waals surface area contributed by atoms with E-state index < -0.39 is 0 Å². The van der Waals surface area contributed by atoms with E-state index in [2.05, 4.69) is 119 Å². The normalized spacial score (nSPS) is 12.0. The van der Waals surface area contributed by atoms with Crippen LogP contribution in [0.5, 0.6) is 0 Å². The number of nitrogens with zero attached hydrogens (tertiary/aromatic N) is 4. The maximum absolute atomic E-state index is 5.35. The van der Waals surface area contributed by atoms with Gasteiger partial charge in [0.05, 0.1) is 21.9 Å². The fourth-order valence-electron chi connectivity index (χ4n) is 5.98. The molecule has 0 unspecified atom stereocenters. The third kappa shape index (κ3) is 3.09. The number of hydrogen-bond acceptors (Lipinski definition) is 4. The van der Waals surface area contributed by atoms with E-state index in [-0.39, 0.29) is 0 Å². The van der Waals surface area contributed by atoms with Crippen LogP contribution in [0, 0.1) is 0 Å². The average Bonchev–Trinajstić information content (AvgIpc) is 3.54. The van der Waals surface area contributed by atoms with Crippen LogP contribution in [-0.2, 0) is 0 Å². The minimum Gasteiger partial charge on any atom is -0.293 e. The summed E-state index contributed by atoms with van der Waals surface area (Å²) in [5.41, 5.74) is 4.17. The molecule has 0 N–H and O–H groups in total. The zero-order valence-electron chi connectivity index (χ0n) is 21.2. The van der Waals surface area contributed by atoms with Gasteiger partial charge < -0.3 is 0 Å². The van der Waals surface area contributed by atoms with Gasteiger partial charge >= 0.3 is 0 Å². The Balaban J connectivity index is 1.45. The molecule has 0 aliphatic rings. The predicted octanol–water partition coefficient (Wildman–Crippen LogP) is 9.31. The molecule has 5 heteroatoms. The molecule has 4 heterocycles. The molecule has 4 aromatic heterocycles. The standard InChI is InChI=1S/C35H20N4S/c1-2-9-23-20-30-27(18-22(23)8-1)25-11-3-5-13-29(25)39(30)34-32-26-12-4-6-14-31(26)40-35(32)38-33(37-34)24-16-15-21-10-7-17-36-28(21)19-24/h1-20H. The number of fused-ring (bicyclic) bond motifs is 8. The van der Waals surface area contributed by atoms with E-state index >= 15 is 0 Å². The van der Waals surface area contributed by atoms with E-state index in [0.29, 0.717) is 5.82 Å². The zero-order chi connectivity index (χ0) is 26.2. The molecule has 0 atom stereocenters. The molecule has 9 aromatic rings. The number of para-hydroxylation sites is 1. The fraction of sp³-hybridized carbons (Fsp3) is 0. The van der Waals surface area contributed by atoms with Crippen LogP contribution in [-0.4, -0.2) is 19.5 Å². The molecule has 0 fully saturated rings. The maximum atomic E-state index is 5.35. The summed E-state index contributed by atoms with van der Waals surface area (Å²) in [5, 5.41) is 8.23. The molecular weight excluding hydrogens is 508 g/mol. The summed E-state index contributed by atoms with van der Waals surface area (Å²) < 4.78 is 3.54. The van der Waals surface area contributed by atoms with E-state index in [1.165, 1.54) is 31.6 Å². The van der Waals surface area contributed by atoms with Crippen molar-refractivity contribution >= 4 is 75.1 Å². The quantitative estimate of drug-likeness (QED) is 0.225. The minimum atomic E-state index is 0.702. The molecule has 40 heavy (non-hydrogen) atoms. The Morgan fingerprint density at radius 1 is 0.575 bits per heavy atom. The first-order valence-electron chi connectivity index (χ1n) is 13.3. The Bertz CT molecular complexity index is 2450. The highest BCUT2D eigenvalue weighted by atomic mass is 32.1. The van der Waals surface area contributed by atoms with Gasteiger partial charge in [-0.1, -0.05) is 78.9 Å². The maximum Gasteiger partial charge on any atom is 0.163 e. The Labute approximate surface area is 232 Å². The lowest BCUT2D eigenvalue weighted by atomic mass is 10.1. The monoisotopic (exact) mass is 528 g/mol. The predicted molar refractivity (Wildman–Crippen MR) is 168 cm³/mol. The van der Waals surface area contributed by atoms with E-state index in [4.69, 9.17) is 9.97 Å². The third-order valence-corrected chi connectivity index (χ3v) is 8.90. The molecule has 0 saturated heterocycles. The number of hydrogen-bond donors (Lipinski definition) is 0. The van der Waals surface area contributed by atoms with Crippen LogP contribution in [0.2, 0.25) is 0 Å². The summed E-state index contributed by atoms with van der Waals surface area (Å²) in [7, 11) is 0. The van der Waals surface area contributed by atoms with E-state index in [9.17, 15) is 0 Å². The molecule has 0 radical (unpaired) electrons. The second-order valence-electron chi connectivity index (χ2n) is 10.1. The molecule has 0 amide bonds. The van der Waals surface area contributed by atoms with Gasteiger partial charge in [-0.05, 0) is 47.2 Å². The van der Waals surface area contributed by atoms with Crippen molar-refractivity contribution in [2.45, 2.75) is 0 Å². The van der Waals surface area contributed by atoms with Crippen molar-refractivity contribution < 1.29 is 0 Å². The topological polar surface area (TPSA) is 43.6 Å². The smallest absolute Gasteiger partial charge is 0.163 e. The SMILES string of the molecule is c1ccc2cc3c(cc2c1)c1ccccc1n3-c1nc(-c2ccc3cccnc3c2)nc2sc3ccccc3c12. The van der Waals surface area contributed by atoms with Crippen molar-refractivity contribution in [1.82, 2.24) is 19.5 Å². The zero-order valence-corrected chi connectivity index (χ0v) is 22.1. The van der Waals surface area contributed by atoms with Crippen molar-refractivity contribution in [3.63, 3.8) is 0 Å². The van der Waals surface area contributed by atoms with Crippen LogP contribution in [0.25, 0.3) is 81.0 Å². The van der Waals surface area contributed by atoms with Gasteiger partial charge in [0.25, 0.3) is 0 Å². The molecular formula is C35H20N4S. The molecule has 0 saturated carbocycles. The molecule has 4 nitrogen and oxygen atoms in total. The third-order valence-electron chi connectivity index (χ3n) is 7.84. The number of benzene rings is 5. The van der Waals surface area contributed by atoms with Gasteiger partial charge in [-0.2, -0.15) is 0 Å².